The first-order valence-corrected chi connectivity index (χ1v) is 5.46. The minimum atomic E-state index is 1.08. The summed E-state index contributed by atoms with van der Waals surface area (Å²) in [6.45, 7) is 4.40. The van der Waals surface area contributed by atoms with Crippen LogP contribution in [0.3, 0.4) is 0 Å². The number of rotatable bonds is 0. The summed E-state index contributed by atoms with van der Waals surface area (Å²) in [6.07, 6.45) is 3.41. The van der Waals surface area contributed by atoms with E-state index in [1.54, 1.807) is 0 Å². The van der Waals surface area contributed by atoms with Crippen LogP contribution in [0.25, 0.3) is 16.3 Å². The van der Waals surface area contributed by atoms with Gasteiger partial charge in [-0.1, -0.05) is 36.4 Å². The van der Waals surface area contributed by atoms with Gasteiger partial charge in [0.1, 0.15) is 0 Å². The smallest absolute Gasteiger partial charge is 0.00710 e. The topological polar surface area (TPSA) is 0 Å². The van der Waals surface area contributed by atoms with Crippen molar-refractivity contribution in [2.45, 2.75) is 20.3 Å². The molecule has 0 bridgehead atoms. The lowest BCUT2D eigenvalue weighted by molar-refractivity contribution is 1.27. The van der Waals surface area contributed by atoms with E-state index in [9.17, 15) is 0 Å². The number of aryl methyl sites for hydroxylation is 1. The van der Waals surface area contributed by atoms with Crippen LogP contribution in [-0.2, 0) is 6.42 Å². The third-order valence-electron chi connectivity index (χ3n) is 3.40. The molecule has 1 aliphatic carbocycles. The molecule has 0 nitrogen and oxygen atoms in total. The van der Waals surface area contributed by atoms with Gasteiger partial charge in [0.15, 0.2) is 0 Å². The summed E-state index contributed by atoms with van der Waals surface area (Å²) in [5, 5.41) is 2.88. The van der Waals surface area contributed by atoms with Gasteiger partial charge in [0, 0.05) is 0 Å². The first-order valence-electron chi connectivity index (χ1n) is 5.46. The second kappa shape index (κ2) is 2.96. The summed E-state index contributed by atoms with van der Waals surface area (Å²) >= 11 is 0. The maximum Gasteiger partial charge on any atom is -0.00710 e. The molecular formula is C15H14. The fraction of sp³-hybridized carbons (Fsp3) is 0.200. The normalized spacial score (nSPS) is 14.1. The van der Waals surface area contributed by atoms with Gasteiger partial charge in [-0.15, -0.1) is 0 Å². The highest BCUT2D eigenvalue weighted by molar-refractivity contribution is 5.99. The Hall–Kier alpha value is -1.56. The molecule has 0 aromatic heterocycles. The lowest BCUT2D eigenvalue weighted by atomic mass is 9.87. The molecule has 0 radical (unpaired) electrons. The molecule has 0 saturated heterocycles. The summed E-state index contributed by atoms with van der Waals surface area (Å²) < 4.78 is 0. The zero-order valence-corrected chi connectivity index (χ0v) is 9.17. The minimum Gasteiger partial charge on any atom is -0.0766 e. The van der Waals surface area contributed by atoms with Crippen molar-refractivity contribution in [3.63, 3.8) is 0 Å². The van der Waals surface area contributed by atoms with E-state index >= 15 is 0 Å². The van der Waals surface area contributed by atoms with Crippen molar-refractivity contribution >= 4 is 16.3 Å². The monoisotopic (exact) mass is 194 g/mol. The van der Waals surface area contributed by atoms with Crippen molar-refractivity contribution in [2.75, 3.05) is 0 Å². The summed E-state index contributed by atoms with van der Waals surface area (Å²) in [6, 6.07) is 11.1. The molecule has 3 rings (SSSR count). The van der Waals surface area contributed by atoms with Crippen LogP contribution >= 0.6 is 0 Å². The van der Waals surface area contributed by atoms with Crippen molar-refractivity contribution < 1.29 is 0 Å². The van der Waals surface area contributed by atoms with E-state index in [0.29, 0.717) is 0 Å². The highest BCUT2D eigenvalue weighted by Crippen LogP contribution is 2.34. The Morgan fingerprint density at radius 1 is 1.00 bits per heavy atom. The quantitative estimate of drug-likeness (QED) is 0.592. The van der Waals surface area contributed by atoms with Gasteiger partial charge in [-0.25, -0.2) is 0 Å². The zero-order valence-electron chi connectivity index (χ0n) is 9.17. The molecule has 0 fully saturated rings. The molecule has 2 aromatic carbocycles. The summed E-state index contributed by atoms with van der Waals surface area (Å²) in [5.74, 6) is 0. The Labute approximate surface area is 90.2 Å². The lowest BCUT2D eigenvalue weighted by Gasteiger charge is -2.17. The zero-order chi connectivity index (χ0) is 10.4. The molecular weight excluding hydrogens is 180 g/mol. The molecule has 0 aliphatic heterocycles. The predicted octanol–water partition coefficient (Wildman–Crippen LogP) is 4.11. The molecule has 0 spiro atoms. The fourth-order valence-electron chi connectivity index (χ4n) is 2.50. The largest absolute Gasteiger partial charge is 0.0766 e. The standard InChI is InChI=1S/C15H14/c1-10-6-8-12-4-3-5-13-11(2)7-9-14(10)15(12)13/h3-7,9H,8H2,1-2H3. The van der Waals surface area contributed by atoms with Crippen LogP contribution in [0.2, 0.25) is 0 Å². The van der Waals surface area contributed by atoms with Crippen LogP contribution < -0.4 is 0 Å². The minimum absolute atomic E-state index is 1.08. The molecule has 0 N–H and O–H groups in total. The van der Waals surface area contributed by atoms with Crippen molar-refractivity contribution in [1.82, 2.24) is 0 Å². The lowest BCUT2D eigenvalue weighted by Crippen LogP contribution is -1.97. The van der Waals surface area contributed by atoms with Gasteiger partial charge >= 0.3 is 0 Å². The van der Waals surface area contributed by atoms with E-state index in [1.807, 2.05) is 0 Å². The predicted molar refractivity (Wildman–Crippen MR) is 66.0 cm³/mol. The molecule has 0 saturated carbocycles. The van der Waals surface area contributed by atoms with Gasteiger partial charge in [0.25, 0.3) is 0 Å². The Morgan fingerprint density at radius 3 is 2.73 bits per heavy atom. The van der Waals surface area contributed by atoms with Crippen LogP contribution in [0.4, 0.5) is 0 Å². The third-order valence-corrected chi connectivity index (χ3v) is 3.40. The van der Waals surface area contributed by atoms with Crippen molar-refractivity contribution in [2.24, 2.45) is 0 Å². The van der Waals surface area contributed by atoms with E-state index < -0.39 is 0 Å². The van der Waals surface area contributed by atoms with Crippen LogP contribution in [0.1, 0.15) is 23.6 Å². The molecule has 0 atom stereocenters. The van der Waals surface area contributed by atoms with E-state index in [1.165, 1.54) is 33.0 Å². The van der Waals surface area contributed by atoms with Crippen LogP contribution in [0, 0.1) is 6.92 Å². The Kier molecular flexibility index (Phi) is 1.72. The highest BCUT2D eigenvalue weighted by Gasteiger charge is 2.12. The maximum absolute atomic E-state index is 2.33. The van der Waals surface area contributed by atoms with E-state index in [0.717, 1.165) is 6.42 Å². The average molecular weight is 194 g/mol. The van der Waals surface area contributed by atoms with E-state index in [4.69, 9.17) is 0 Å². The summed E-state index contributed by atoms with van der Waals surface area (Å²) in [5.41, 5.74) is 5.68. The molecule has 74 valence electrons. The average Bonchev–Trinajstić information content (AvgIpc) is 2.26. The van der Waals surface area contributed by atoms with Crippen LogP contribution in [0.5, 0.6) is 0 Å². The van der Waals surface area contributed by atoms with Gasteiger partial charge in [-0.3, -0.25) is 0 Å². The van der Waals surface area contributed by atoms with Crippen LogP contribution in [-0.4, -0.2) is 0 Å². The fourth-order valence-corrected chi connectivity index (χ4v) is 2.50. The second-order valence-corrected chi connectivity index (χ2v) is 4.36. The summed E-state index contributed by atoms with van der Waals surface area (Å²) in [7, 11) is 0. The number of hydrogen-bond acceptors (Lipinski definition) is 0. The van der Waals surface area contributed by atoms with Gasteiger partial charge in [-0.05, 0) is 53.3 Å². The van der Waals surface area contributed by atoms with Gasteiger partial charge in [0.2, 0.25) is 0 Å². The maximum atomic E-state index is 2.33. The third kappa shape index (κ3) is 1.14. The highest BCUT2D eigenvalue weighted by atomic mass is 14.2. The van der Waals surface area contributed by atoms with Crippen LogP contribution in [0.15, 0.2) is 36.4 Å². The Morgan fingerprint density at radius 2 is 1.87 bits per heavy atom. The van der Waals surface area contributed by atoms with Gasteiger partial charge < -0.3 is 0 Å². The van der Waals surface area contributed by atoms with E-state index in [-0.39, 0.29) is 0 Å². The Balaban J connectivity index is 2.54. The number of allylic oxidation sites excluding steroid dienone is 2. The molecule has 15 heavy (non-hydrogen) atoms. The Bertz CT molecular complexity index is 574. The first-order chi connectivity index (χ1) is 7.27. The molecule has 2 aromatic rings. The molecule has 1 aliphatic rings. The first kappa shape index (κ1) is 8.72. The van der Waals surface area contributed by atoms with Gasteiger partial charge in [0.05, 0.1) is 0 Å². The second-order valence-electron chi connectivity index (χ2n) is 4.36. The molecule has 0 amide bonds. The number of benzene rings is 2. The van der Waals surface area contributed by atoms with Crippen molar-refractivity contribution in [3.05, 3.63) is 53.1 Å². The van der Waals surface area contributed by atoms with Gasteiger partial charge in [-0.2, -0.15) is 0 Å². The molecule has 0 heterocycles. The van der Waals surface area contributed by atoms with Crippen molar-refractivity contribution in [1.29, 1.82) is 0 Å². The summed E-state index contributed by atoms with van der Waals surface area (Å²) in [4.78, 5) is 0. The number of hydrogen-bond donors (Lipinski definition) is 0. The van der Waals surface area contributed by atoms with E-state index in [2.05, 4.69) is 50.3 Å². The SMILES string of the molecule is CC1=CCc2cccc3c(C)ccc1c23. The molecule has 0 heteroatoms. The van der Waals surface area contributed by atoms with Crippen molar-refractivity contribution in [3.8, 4) is 0 Å². The molecule has 0 unspecified atom stereocenters.